The molecule has 1 saturated carbocycles. The Balaban J connectivity index is 1.73. The normalized spacial score (nSPS) is 17.6. The van der Waals surface area contributed by atoms with Crippen LogP contribution in [0.2, 0.25) is 0 Å². The van der Waals surface area contributed by atoms with Crippen LogP contribution in [0.1, 0.15) is 31.3 Å². The molecule has 1 aromatic heterocycles. The third-order valence-electron chi connectivity index (χ3n) is 3.00. The summed E-state index contributed by atoms with van der Waals surface area (Å²) in [6.07, 6.45) is 2.62. The van der Waals surface area contributed by atoms with Gasteiger partial charge in [-0.15, -0.1) is 0 Å². The van der Waals surface area contributed by atoms with Gasteiger partial charge in [0.25, 0.3) is 5.76 Å². The average Bonchev–Trinajstić information content (AvgIpc) is 3.04. The van der Waals surface area contributed by atoms with Crippen LogP contribution in [0.4, 0.5) is 8.78 Å². The molecule has 0 spiro atoms. The van der Waals surface area contributed by atoms with Crippen molar-refractivity contribution in [3.8, 4) is 0 Å². The van der Waals surface area contributed by atoms with Crippen molar-refractivity contribution < 1.29 is 13.2 Å². The standard InChI is InChI=1S/C12H17F2NOS/c1-8(9-2-3-9)15-6-10-4-5-11(16-10)7-17-12(13)14/h4-5,8-9,12,15H,2-3,6-7H2,1H3. The quantitative estimate of drug-likeness (QED) is 0.811. The van der Waals surface area contributed by atoms with Crippen molar-refractivity contribution >= 4 is 11.8 Å². The maximum Gasteiger partial charge on any atom is 0.284 e. The van der Waals surface area contributed by atoms with Crippen LogP contribution >= 0.6 is 11.8 Å². The molecule has 0 aliphatic heterocycles. The number of furan rings is 1. The number of halogens is 2. The van der Waals surface area contributed by atoms with Gasteiger partial charge in [0.1, 0.15) is 11.5 Å². The molecule has 2 rings (SSSR count). The second-order valence-electron chi connectivity index (χ2n) is 4.45. The predicted molar refractivity (Wildman–Crippen MR) is 65.0 cm³/mol. The minimum absolute atomic E-state index is 0.232. The van der Waals surface area contributed by atoms with Crippen molar-refractivity contribution in [2.24, 2.45) is 5.92 Å². The monoisotopic (exact) mass is 261 g/mol. The fourth-order valence-corrected chi connectivity index (χ4v) is 2.21. The number of alkyl halides is 2. The summed E-state index contributed by atoms with van der Waals surface area (Å²) in [6.45, 7) is 2.85. The molecule has 1 aliphatic rings. The van der Waals surface area contributed by atoms with E-state index in [-0.39, 0.29) is 5.75 Å². The van der Waals surface area contributed by atoms with Crippen LogP contribution < -0.4 is 5.32 Å². The van der Waals surface area contributed by atoms with E-state index in [0.29, 0.717) is 30.1 Å². The molecular weight excluding hydrogens is 244 g/mol. The predicted octanol–water partition coefficient (Wildman–Crippen LogP) is 3.62. The Bertz CT molecular complexity index is 352. The van der Waals surface area contributed by atoms with Gasteiger partial charge in [0.2, 0.25) is 0 Å². The molecule has 96 valence electrons. The molecule has 0 amide bonds. The van der Waals surface area contributed by atoms with Crippen molar-refractivity contribution in [2.45, 2.75) is 43.9 Å². The first-order valence-corrected chi connectivity index (χ1v) is 6.91. The molecular formula is C12H17F2NOS. The zero-order valence-electron chi connectivity index (χ0n) is 9.79. The van der Waals surface area contributed by atoms with E-state index in [0.717, 1.165) is 11.7 Å². The number of hydrogen-bond acceptors (Lipinski definition) is 3. The first-order valence-electron chi connectivity index (χ1n) is 5.86. The number of hydrogen-bond donors (Lipinski definition) is 1. The van der Waals surface area contributed by atoms with Gasteiger partial charge in [-0.25, -0.2) is 0 Å². The van der Waals surface area contributed by atoms with Crippen molar-refractivity contribution in [1.82, 2.24) is 5.32 Å². The topological polar surface area (TPSA) is 25.2 Å². The van der Waals surface area contributed by atoms with Crippen molar-refractivity contribution in [3.05, 3.63) is 23.7 Å². The van der Waals surface area contributed by atoms with Crippen LogP contribution in [0.25, 0.3) is 0 Å². The Morgan fingerprint density at radius 2 is 2.12 bits per heavy atom. The summed E-state index contributed by atoms with van der Waals surface area (Å²) in [7, 11) is 0. The Hall–Kier alpha value is -0.550. The number of thioether (sulfide) groups is 1. The Kier molecular flexibility index (Phi) is 4.45. The molecule has 1 aliphatic carbocycles. The second-order valence-corrected chi connectivity index (χ2v) is 5.43. The van der Waals surface area contributed by atoms with Gasteiger partial charge in [-0.05, 0) is 37.8 Å². The van der Waals surface area contributed by atoms with Crippen molar-refractivity contribution in [1.29, 1.82) is 0 Å². The molecule has 1 N–H and O–H groups in total. The van der Waals surface area contributed by atoms with Crippen molar-refractivity contribution in [3.63, 3.8) is 0 Å². The SMILES string of the molecule is CC(NCc1ccc(CSC(F)F)o1)C1CC1. The lowest BCUT2D eigenvalue weighted by Gasteiger charge is -2.10. The number of nitrogens with one attached hydrogen (secondary N) is 1. The van der Waals surface area contributed by atoms with E-state index in [1.807, 2.05) is 6.07 Å². The van der Waals surface area contributed by atoms with Gasteiger partial charge in [0.15, 0.2) is 0 Å². The van der Waals surface area contributed by atoms with Crippen LogP contribution in [0.15, 0.2) is 16.5 Å². The first kappa shape index (κ1) is 12.9. The third-order valence-corrected chi connectivity index (χ3v) is 3.70. The van der Waals surface area contributed by atoms with Gasteiger partial charge in [0.05, 0.1) is 12.3 Å². The molecule has 2 nitrogen and oxygen atoms in total. The van der Waals surface area contributed by atoms with Crippen molar-refractivity contribution in [2.75, 3.05) is 0 Å². The lowest BCUT2D eigenvalue weighted by atomic mass is 10.2. The van der Waals surface area contributed by atoms with Crippen LogP contribution in [-0.2, 0) is 12.3 Å². The highest BCUT2D eigenvalue weighted by atomic mass is 32.2. The highest BCUT2D eigenvalue weighted by molar-refractivity contribution is 7.98. The van der Waals surface area contributed by atoms with Gasteiger partial charge in [-0.2, -0.15) is 8.78 Å². The Morgan fingerprint density at radius 1 is 1.41 bits per heavy atom. The summed E-state index contributed by atoms with van der Waals surface area (Å²) in [5.74, 6) is 0.138. The summed E-state index contributed by atoms with van der Waals surface area (Å²) in [6, 6.07) is 4.14. The zero-order valence-corrected chi connectivity index (χ0v) is 10.6. The lowest BCUT2D eigenvalue weighted by molar-refractivity contribution is 0.251. The Morgan fingerprint density at radius 3 is 2.76 bits per heavy atom. The molecule has 1 heterocycles. The Labute approximate surface area is 104 Å². The highest BCUT2D eigenvalue weighted by Gasteiger charge is 2.27. The molecule has 0 bridgehead atoms. The fourth-order valence-electron chi connectivity index (χ4n) is 1.76. The van der Waals surface area contributed by atoms with Crippen LogP contribution in [0, 0.1) is 5.92 Å². The zero-order chi connectivity index (χ0) is 12.3. The number of rotatable bonds is 7. The summed E-state index contributed by atoms with van der Waals surface area (Å²) in [4.78, 5) is 0. The first-order chi connectivity index (χ1) is 8.15. The van der Waals surface area contributed by atoms with Crippen LogP contribution in [0.3, 0.4) is 0 Å². The fraction of sp³-hybridized carbons (Fsp3) is 0.667. The molecule has 0 radical (unpaired) electrons. The smallest absolute Gasteiger partial charge is 0.284 e. The van der Waals surface area contributed by atoms with Gasteiger partial charge >= 0.3 is 0 Å². The molecule has 1 aromatic rings. The molecule has 0 aromatic carbocycles. The maximum atomic E-state index is 12.0. The van der Waals surface area contributed by atoms with E-state index >= 15 is 0 Å². The molecule has 1 unspecified atom stereocenters. The van der Waals surface area contributed by atoms with Crippen LogP contribution in [0.5, 0.6) is 0 Å². The molecule has 1 atom stereocenters. The summed E-state index contributed by atoms with van der Waals surface area (Å²) >= 11 is 0.589. The highest BCUT2D eigenvalue weighted by Crippen LogP contribution is 2.32. The van der Waals surface area contributed by atoms with Gasteiger partial charge < -0.3 is 9.73 Å². The van der Waals surface area contributed by atoms with E-state index in [1.54, 1.807) is 6.07 Å². The second kappa shape index (κ2) is 5.87. The maximum absolute atomic E-state index is 12.0. The largest absolute Gasteiger partial charge is 0.464 e. The molecule has 5 heteroatoms. The lowest BCUT2D eigenvalue weighted by Crippen LogP contribution is -2.26. The van der Waals surface area contributed by atoms with Gasteiger partial charge in [0, 0.05) is 6.04 Å². The van der Waals surface area contributed by atoms with E-state index in [9.17, 15) is 8.78 Å². The summed E-state index contributed by atoms with van der Waals surface area (Å²) in [5, 5.41) is 3.39. The summed E-state index contributed by atoms with van der Waals surface area (Å²) < 4.78 is 29.4. The molecule has 1 fully saturated rings. The van der Waals surface area contributed by atoms with E-state index in [2.05, 4.69) is 12.2 Å². The van der Waals surface area contributed by atoms with E-state index < -0.39 is 5.76 Å². The van der Waals surface area contributed by atoms with Gasteiger partial charge in [-0.3, -0.25) is 0 Å². The molecule has 0 saturated heterocycles. The minimum Gasteiger partial charge on any atom is -0.464 e. The average molecular weight is 261 g/mol. The minimum atomic E-state index is -2.34. The summed E-state index contributed by atoms with van der Waals surface area (Å²) in [5.41, 5.74) is 0. The van der Waals surface area contributed by atoms with Crippen LogP contribution in [-0.4, -0.2) is 11.8 Å². The van der Waals surface area contributed by atoms with E-state index in [4.69, 9.17) is 4.42 Å². The third kappa shape index (κ3) is 4.32. The van der Waals surface area contributed by atoms with E-state index in [1.165, 1.54) is 12.8 Å². The van der Waals surface area contributed by atoms with Gasteiger partial charge in [-0.1, -0.05) is 11.8 Å². The molecule has 17 heavy (non-hydrogen) atoms.